The Morgan fingerprint density at radius 2 is 1.64 bits per heavy atom. The molecule has 2 aromatic carbocycles. The van der Waals surface area contributed by atoms with Gasteiger partial charge in [0.1, 0.15) is 5.58 Å². The molecule has 0 spiro atoms. The fraction of sp³-hybridized carbons (Fsp3) is 0.219. The van der Waals surface area contributed by atoms with Crippen LogP contribution in [0.4, 0.5) is 0 Å². The van der Waals surface area contributed by atoms with Crippen molar-refractivity contribution in [1.82, 2.24) is 15.0 Å². The van der Waals surface area contributed by atoms with Gasteiger partial charge in [0.25, 0.3) is 0 Å². The second kappa shape index (κ2) is 7.99. The molecule has 0 fully saturated rings. The van der Waals surface area contributed by atoms with E-state index >= 15 is 0 Å². The third kappa shape index (κ3) is 3.65. The van der Waals surface area contributed by atoms with Crippen molar-refractivity contribution in [1.29, 1.82) is 0 Å². The highest BCUT2D eigenvalue weighted by Gasteiger charge is 2.18. The Morgan fingerprint density at radius 3 is 2.44 bits per heavy atom. The minimum absolute atomic E-state index is 0.0282. The molecule has 0 amide bonds. The van der Waals surface area contributed by atoms with Crippen LogP contribution in [0.25, 0.3) is 55.4 Å². The minimum Gasteiger partial charge on any atom is -0.437 e. The van der Waals surface area contributed by atoms with Gasteiger partial charge in [0, 0.05) is 57.1 Å². The largest absolute Gasteiger partial charge is 0.437 e. The highest BCUT2D eigenvalue weighted by atomic mass is 16.3. The molecule has 4 heteroatoms. The molecule has 0 unspecified atom stereocenters. The van der Waals surface area contributed by atoms with Crippen molar-refractivity contribution in [3.05, 3.63) is 89.4 Å². The van der Waals surface area contributed by atoms with E-state index in [0.717, 1.165) is 5.69 Å². The van der Waals surface area contributed by atoms with Crippen LogP contribution in [-0.2, 0) is 5.41 Å². The van der Waals surface area contributed by atoms with Gasteiger partial charge in [-0.25, -0.2) is 4.98 Å². The van der Waals surface area contributed by atoms with E-state index in [1.165, 1.54) is 18.3 Å². The van der Waals surface area contributed by atoms with E-state index in [4.69, 9.17) is 21.7 Å². The molecule has 178 valence electrons. The van der Waals surface area contributed by atoms with Crippen LogP contribution in [-0.4, -0.2) is 15.0 Å². The number of hydrogen-bond donors (Lipinski definition) is 0. The monoisotopic (exact) mass is 480 g/mol. The molecule has 0 saturated carbocycles. The fourth-order valence-corrected chi connectivity index (χ4v) is 4.52. The Bertz CT molecular complexity index is 2120. The first-order valence-electron chi connectivity index (χ1n) is 16.1. The van der Waals surface area contributed by atoms with Gasteiger partial charge < -0.3 is 4.42 Å². The number of fused-ring (bicyclic) bond motifs is 4. The smallest absolute Gasteiger partial charge is 0.227 e. The fourth-order valence-electron chi connectivity index (χ4n) is 4.52. The summed E-state index contributed by atoms with van der Waals surface area (Å²) in [5, 5.41) is 1.95. The van der Waals surface area contributed by atoms with Gasteiger partial charge in [-0.05, 0) is 85.3 Å². The number of hydrogen-bond acceptors (Lipinski definition) is 4. The van der Waals surface area contributed by atoms with Crippen molar-refractivity contribution in [2.24, 2.45) is 0 Å². The molecule has 6 aromatic rings. The number of para-hydroxylation sites is 1. The average Bonchev–Trinajstić information content (AvgIpc) is 3.32. The highest BCUT2D eigenvalue weighted by molar-refractivity contribution is 6.08. The standard InChI is InChI=1S/C32H29N3O/c1-18-14-27-21(11-13-29(35-27)32(4,5)6)15-25(18)26-16-28(33-17-19(26)2)24-9-7-8-22-23-12-10-20(3)34-31(23)36-30(22)24/h7-17H,1-6H3/i1D3,2D3,3D3. The lowest BCUT2D eigenvalue weighted by molar-refractivity contribution is 0.571. The van der Waals surface area contributed by atoms with Crippen LogP contribution in [0.2, 0.25) is 0 Å². The van der Waals surface area contributed by atoms with Crippen molar-refractivity contribution in [3.63, 3.8) is 0 Å². The summed E-state index contributed by atoms with van der Waals surface area (Å²) >= 11 is 0. The van der Waals surface area contributed by atoms with Crippen LogP contribution in [0.1, 0.15) is 55.6 Å². The van der Waals surface area contributed by atoms with Crippen LogP contribution in [0.5, 0.6) is 0 Å². The van der Waals surface area contributed by atoms with Gasteiger partial charge in [0.05, 0.1) is 11.2 Å². The summed E-state index contributed by atoms with van der Waals surface area (Å²) in [7, 11) is 0. The minimum atomic E-state index is -2.60. The van der Waals surface area contributed by atoms with Gasteiger partial charge in [0.15, 0.2) is 0 Å². The van der Waals surface area contributed by atoms with Gasteiger partial charge in [0.2, 0.25) is 5.71 Å². The zero-order valence-electron chi connectivity index (χ0n) is 29.1. The molecule has 0 atom stereocenters. The highest BCUT2D eigenvalue weighted by Crippen LogP contribution is 2.37. The van der Waals surface area contributed by atoms with Crippen molar-refractivity contribution in [2.75, 3.05) is 0 Å². The predicted molar refractivity (Wildman–Crippen MR) is 148 cm³/mol. The maximum Gasteiger partial charge on any atom is 0.227 e. The molecule has 0 aliphatic rings. The molecule has 0 saturated heterocycles. The van der Waals surface area contributed by atoms with Gasteiger partial charge in [-0.3, -0.25) is 9.97 Å². The molecule has 4 nitrogen and oxygen atoms in total. The predicted octanol–water partition coefficient (Wildman–Crippen LogP) is 8.48. The molecular formula is C32H29N3O. The Hall–Kier alpha value is -4.05. The lowest BCUT2D eigenvalue weighted by atomic mass is 9.90. The summed E-state index contributed by atoms with van der Waals surface area (Å²) in [6.45, 7) is -1.53. The first-order valence-corrected chi connectivity index (χ1v) is 11.6. The Labute approximate surface area is 223 Å². The van der Waals surface area contributed by atoms with Crippen LogP contribution in [0, 0.1) is 20.6 Å². The van der Waals surface area contributed by atoms with Gasteiger partial charge in [-0.15, -0.1) is 0 Å². The van der Waals surface area contributed by atoms with E-state index in [0.29, 0.717) is 38.5 Å². The lowest BCUT2D eigenvalue weighted by Crippen LogP contribution is -2.13. The van der Waals surface area contributed by atoms with Crippen LogP contribution >= 0.6 is 0 Å². The third-order valence-corrected chi connectivity index (χ3v) is 6.43. The molecule has 36 heavy (non-hydrogen) atoms. The van der Waals surface area contributed by atoms with Crippen molar-refractivity contribution < 1.29 is 16.8 Å². The van der Waals surface area contributed by atoms with Crippen LogP contribution in [0.15, 0.2) is 71.3 Å². The molecule has 0 aliphatic heterocycles. The van der Waals surface area contributed by atoms with E-state index in [1.54, 1.807) is 30.3 Å². The van der Waals surface area contributed by atoms with Gasteiger partial charge in [-0.1, -0.05) is 39.0 Å². The van der Waals surface area contributed by atoms with E-state index in [1.807, 2.05) is 39.0 Å². The van der Waals surface area contributed by atoms with E-state index in [-0.39, 0.29) is 39.1 Å². The second-order valence-corrected chi connectivity index (χ2v) is 9.99. The first kappa shape index (κ1) is 14.5. The molecule has 0 bridgehead atoms. The molecule has 0 radical (unpaired) electrons. The summed E-state index contributed by atoms with van der Waals surface area (Å²) in [6.07, 6.45) is 1.25. The zero-order valence-corrected chi connectivity index (χ0v) is 20.1. The van der Waals surface area contributed by atoms with E-state index < -0.39 is 20.6 Å². The normalized spacial score (nSPS) is 16.9. The molecule has 6 rings (SSSR count). The third-order valence-electron chi connectivity index (χ3n) is 6.43. The zero-order chi connectivity index (χ0) is 32.7. The molecular weight excluding hydrogens is 442 g/mol. The van der Waals surface area contributed by atoms with Gasteiger partial charge >= 0.3 is 0 Å². The lowest BCUT2D eigenvalue weighted by Gasteiger charge is -2.19. The van der Waals surface area contributed by atoms with Gasteiger partial charge in [-0.2, -0.15) is 0 Å². The number of aromatic nitrogens is 3. The maximum atomic E-state index is 8.38. The SMILES string of the molecule is [2H]C([2H])([2H])c1ccc2c(n1)oc1c(-c3cc(-c4cc5ccc(C(C)(C)C)nc5cc4C([2H])([2H])[2H])c(C([2H])([2H])[2H])cn3)cccc12. The quantitative estimate of drug-likeness (QED) is 0.249. The number of pyridine rings is 3. The second-order valence-electron chi connectivity index (χ2n) is 9.99. The van der Waals surface area contributed by atoms with Crippen LogP contribution < -0.4 is 0 Å². The van der Waals surface area contributed by atoms with E-state index in [9.17, 15) is 0 Å². The molecule has 0 aliphatic carbocycles. The topological polar surface area (TPSA) is 51.8 Å². The average molecular weight is 481 g/mol. The number of nitrogens with zero attached hydrogens (tertiary/aromatic N) is 3. The maximum absolute atomic E-state index is 8.38. The number of furan rings is 1. The Morgan fingerprint density at radius 1 is 0.778 bits per heavy atom. The summed E-state index contributed by atoms with van der Waals surface area (Å²) in [5.41, 5.74) is 2.62. The Balaban J connectivity index is 1.62. The number of rotatable bonds is 2. The molecule has 4 aromatic heterocycles. The molecule has 4 heterocycles. The van der Waals surface area contributed by atoms with E-state index in [2.05, 4.69) is 9.97 Å². The number of aryl methyl sites for hydroxylation is 3. The summed E-state index contributed by atoms with van der Waals surface area (Å²) in [6, 6.07) is 16.9. The number of benzene rings is 2. The Kier molecular flexibility index (Phi) is 3.22. The summed E-state index contributed by atoms with van der Waals surface area (Å²) in [4.78, 5) is 13.5. The first-order chi connectivity index (χ1) is 20.8. The van der Waals surface area contributed by atoms with Crippen LogP contribution in [0.3, 0.4) is 0 Å². The summed E-state index contributed by atoms with van der Waals surface area (Å²) in [5.74, 6) is 0. The van der Waals surface area contributed by atoms with Crippen molar-refractivity contribution >= 4 is 33.0 Å². The van der Waals surface area contributed by atoms with Crippen molar-refractivity contribution in [2.45, 2.75) is 46.7 Å². The summed E-state index contributed by atoms with van der Waals surface area (Å²) < 4.78 is 79.2. The molecule has 0 N–H and O–H groups in total. The van der Waals surface area contributed by atoms with Crippen molar-refractivity contribution in [3.8, 4) is 22.4 Å².